The third-order valence-electron chi connectivity index (χ3n) is 3.59. The highest BCUT2D eigenvalue weighted by Gasteiger charge is 2.28. The van der Waals surface area contributed by atoms with Crippen molar-refractivity contribution in [1.29, 1.82) is 0 Å². The molecule has 1 saturated heterocycles. The number of carbonyl (C=O) groups excluding carboxylic acids is 1. The Morgan fingerprint density at radius 1 is 1.58 bits per heavy atom. The van der Waals surface area contributed by atoms with Gasteiger partial charge in [0.25, 0.3) is 0 Å². The first kappa shape index (κ1) is 13.8. The molecule has 4 nitrogen and oxygen atoms in total. The van der Waals surface area contributed by atoms with E-state index in [0.29, 0.717) is 24.7 Å². The SMILES string of the molecule is CC1CCN(C(=O)Nc2cccc(F)c2)C(CN)C1. The third-order valence-corrected chi connectivity index (χ3v) is 3.59. The third kappa shape index (κ3) is 3.44. The number of rotatable bonds is 2. The minimum Gasteiger partial charge on any atom is -0.328 e. The molecule has 0 saturated carbocycles. The van der Waals surface area contributed by atoms with Crippen molar-refractivity contribution >= 4 is 11.7 Å². The van der Waals surface area contributed by atoms with Gasteiger partial charge in [0, 0.05) is 24.8 Å². The first-order chi connectivity index (χ1) is 9.10. The number of hydrogen-bond acceptors (Lipinski definition) is 2. The van der Waals surface area contributed by atoms with E-state index >= 15 is 0 Å². The molecule has 0 aromatic heterocycles. The van der Waals surface area contributed by atoms with E-state index in [1.54, 1.807) is 17.0 Å². The van der Waals surface area contributed by atoms with Gasteiger partial charge in [-0.05, 0) is 37.0 Å². The predicted molar refractivity (Wildman–Crippen MR) is 73.4 cm³/mol. The number of likely N-dealkylation sites (tertiary alicyclic amines) is 1. The van der Waals surface area contributed by atoms with E-state index in [4.69, 9.17) is 5.73 Å². The van der Waals surface area contributed by atoms with Crippen LogP contribution in [0.4, 0.5) is 14.9 Å². The quantitative estimate of drug-likeness (QED) is 0.862. The van der Waals surface area contributed by atoms with E-state index in [-0.39, 0.29) is 17.9 Å². The van der Waals surface area contributed by atoms with Crippen molar-refractivity contribution in [3.05, 3.63) is 30.1 Å². The second kappa shape index (κ2) is 6.02. The number of urea groups is 1. The molecular weight excluding hydrogens is 245 g/mol. The van der Waals surface area contributed by atoms with Gasteiger partial charge in [-0.3, -0.25) is 0 Å². The average molecular weight is 265 g/mol. The maximum atomic E-state index is 13.1. The van der Waals surface area contributed by atoms with Crippen molar-refractivity contribution < 1.29 is 9.18 Å². The van der Waals surface area contributed by atoms with Crippen molar-refractivity contribution in [3.8, 4) is 0 Å². The van der Waals surface area contributed by atoms with E-state index in [1.165, 1.54) is 12.1 Å². The molecule has 1 heterocycles. The van der Waals surface area contributed by atoms with Crippen LogP contribution in [-0.2, 0) is 0 Å². The highest BCUT2D eigenvalue weighted by atomic mass is 19.1. The van der Waals surface area contributed by atoms with Gasteiger partial charge in [0.05, 0.1) is 0 Å². The van der Waals surface area contributed by atoms with Crippen LogP contribution >= 0.6 is 0 Å². The topological polar surface area (TPSA) is 58.4 Å². The minimum atomic E-state index is -0.361. The summed E-state index contributed by atoms with van der Waals surface area (Å²) >= 11 is 0. The first-order valence-electron chi connectivity index (χ1n) is 6.63. The van der Waals surface area contributed by atoms with Crippen LogP contribution in [0.25, 0.3) is 0 Å². The predicted octanol–water partition coefficient (Wildman–Crippen LogP) is 2.42. The van der Waals surface area contributed by atoms with Gasteiger partial charge in [0.2, 0.25) is 0 Å². The molecule has 0 spiro atoms. The van der Waals surface area contributed by atoms with Crippen molar-refractivity contribution in [2.24, 2.45) is 11.7 Å². The number of nitrogens with one attached hydrogen (secondary N) is 1. The van der Waals surface area contributed by atoms with Crippen LogP contribution in [-0.4, -0.2) is 30.1 Å². The van der Waals surface area contributed by atoms with Gasteiger partial charge in [-0.1, -0.05) is 13.0 Å². The molecule has 1 aromatic rings. The Labute approximate surface area is 112 Å². The molecule has 2 rings (SSSR count). The van der Waals surface area contributed by atoms with Crippen LogP contribution in [0, 0.1) is 11.7 Å². The molecule has 0 radical (unpaired) electrons. The zero-order chi connectivity index (χ0) is 13.8. The van der Waals surface area contributed by atoms with Crippen LogP contribution in [0.2, 0.25) is 0 Å². The summed E-state index contributed by atoms with van der Waals surface area (Å²) in [6.07, 6.45) is 1.90. The van der Waals surface area contributed by atoms with E-state index in [9.17, 15) is 9.18 Å². The van der Waals surface area contributed by atoms with Crippen molar-refractivity contribution in [1.82, 2.24) is 4.90 Å². The molecule has 0 bridgehead atoms. The smallest absolute Gasteiger partial charge is 0.322 e. The lowest BCUT2D eigenvalue weighted by molar-refractivity contribution is 0.145. The van der Waals surface area contributed by atoms with Gasteiger partial charge < -0.3 is 16.0 Å². The first-order valence-corrected chi connectivity index (χ1v) is 6.63. The number of nitrogens with zero attached hydrogens (tertiary/aromatic N) is 1. The van der Waals surface area contributed by atoms with Gasteiger partial charge >= 0.3 is 6.03 Å². The number of halogens is 1. The summed E-state index contributed by atoms with van der Waals surface area (Å²) in [7, 11) is 0. The molecule has 5 heteroatoms. The molecule has 2 atom stereocenters. The summed E-state index contributed by atoms with van der Waals surface area (Å²) in [6, 6.07) is 5.77. The molecule has 1 fully saturated rings. The second-order valence-electron chi connectivity index (χ2n) is 5.15. The summed E-state index contributed by atoms with van der Waals surface area (Å²) < 4.78 is 13.1. The van der Waals surface area contributed by atoms with E-state index in [2.05, 4.69) is 12.2 Å². The lowest BCUT2D eigenvalue weighted by atomic mass is 9.93. The molecule has 3 N–H and O–H groups in total. The normalized spacial score (nSPS) is 23.2. The maximum Gasteiger partial charge on any atom is 0.322 e. The lowest BCUT2D eigenvalue weighted by Crippen LogP contribution is -2.50. The Hall–Kier alpha value is -1.62. The Morgan fingerprint density at radius 3 is 3.05 bits per heavy atom. The molecule has 19 heavy (non-hydrogen) atoms. The van der Waals surface area contributed by atoms with Crippen LogP contribution < -0.4 is 11.1 Å². The highest BCUT2D eigenvalue weighted by molar-refractivity contribution is 5.89. The number of nitrogens with two attached hydrogens (primary N) is 1. The summed E-state index contributed by atoms with van der Waals surface area (Å²) in [4.78, 5) is 13.9. The monoisotopic (exact) mass is 265 g/mol. The van der Waals surface area contributed by atoms with Crippen LogP contribution in [0.1, 0.15) is 19.8 Å². The van der Waals surface area contributed by atoms with E-state index in [0.717, 1.165) is 12.8 Å². The Bertz CT molecular complexity index is 452. The zero-order valence-electron chi connectivity index (χ0n) is 11.1. The van der Waals surface area contributed by atoms with Crippen LogP contribution in [0.15, 0.2) is 24.3 Å². The van der Waals surface area contributed by atoms with Crippen LogP contribution in [0.3, 0.4) is 0 Å². The number of amides is 2. The largest absolute Gasteiger partial charge is 0.328 e. The standard InChI is InChI=1S/C14H20FN3O/c1-10-5-6-18(13(7-10)9-16)14(19)17-12-4-2-3-11(15)8-12/h2-4,8,10,13H,5-7,9,16H2,1H3,(H,17,19). The molecule has 0 aliphatic carbocycles. The van der Waals surface area contributed by atoms with Crippen LogP contribution in [0.5, 0.6) is 0 Å². The molecule has 104 valence electrons. The fourth-order valence-corrected chi connectivity index (χ4v) is 2.50. The number of hydrogen-bond donors (Lipinski definition) is 2. The minimum absolute atomic E-state index is 0.0670. The van der Waals surface area contributed by atoms with Gasteiger partial charge in [-0.25, -0.2) is 9.18 Å². The highest BCUT2D eigenvalue weighted by Crippen LogP contribution is 2.22. The number of anilines is 1. The molecule has 2 unspecified atom stereocenters. The maximum absolute atomic E-state index is 13.1. The van der Waals surface area contributed by atoms with E-state index < -0.39 is 0 Å². The Morgan fingerprint density at radius 2 is 2.37 bits per heavy atom. The number of piperidine rings is 1. The van der Waals surface area contributed by atoms with Crippen molar-refractivity contribution in [2.45, 2.75) is 25.8 Å². The lowest BCUT2D eigenvalue weighted by Gasteiger charge is -2.37. The number of benzene rings is 1. The van der Waals surface area contributed by atoms with Gasteiger partial charge in [-0.15, -0.1) is 0 Å². The summed E-state index contributed by atoms with van der Waals surface area (Å²) in [6.45, 7) is 3.33. The molecule has 1 aliphatic heterocycles. The van der Waals surface area contributed by atoms with Crippen molar-refractivity contribution in [2.75, 3.05) is 18.4 Å². The summed E-state index contributed by atoms with van der Waals surface area (Å²) in [5.74, 6) is 0.229. The molecule has 1 aromatic carbocycles. The van der Waals surface area contributed by atoms with Gasteiger partial charge in [0.15, 0.2) is 0 Å². The second-order valence-corrected chi connectivity index (χ2v) is 5.15. The van der Waals surface area contributed by atoms with Crippen molar-refractivity contribution in [3.63, 3.8) is 0 Å². The molecular formula is C14H20FN3O. The Balaban J connectivity index is 2.02. The summed E-state index contributed by atoms with van der Waals surface area (Å²) in [5, 5.41) is 2.72. The zero-order valence-corrected chi connectivity index (χ0v) is 11.1. The Kier molecular flexibility index (Phi) is 4.37. The van der Waals surface area contributed by atoms with Gasteiger partial charge in [-0.2, -0.15) is 0 Å². The fraction of sp³-hybridized carbons (Fsp3) is 0.500. The van der Waals surface area contributed by atoms with Gasteiger partial charge in [0.1, 0.15) is 5.82 Å². The fourth-order valence-electron chi connectivity index (χ4n) is 2.50. The van der Waals surface area contributed by atoms with E-state index in [1.807, 2.05) is 0 Å². The summed E-state index contributed by atoms with van der Waals surface area (Å²) in [5.41, 5.74) is 6.20. The number of carbonyl (C=O) groups is 1. The average Bonchev–Trinajstić information content (AvgIpc) is 2.38. The molecule has 1 aliphatic rings. The molecule has 2 amide bonds.